The number of nitrogens with zero attached hydrogens (tertiary/aromatic N) is 3. The van der Waals surface area contributed by atoms with Gasteiger partial charge in [-0.15, -0.1) is 0 Å². The highest BCUT2D eigenvalue weighted by Crippen LogP contribution is 2.43. The number of amides is 1. The van der Waals surface area contributed by atoms with E-state index in [0.29, 0.717) is 49.5 Å². The molecule has 0 bridgehead atoms. The van der Waals surface area contributed by atoms with Crippen LogP contribution in [0, 0.1) is 0 Å². The number of para-hydroxylation sites is 1. The maximum atomic E-state index is 13.0. The van der Waals surface area contributed by atoms with Crippen LogP contribution in [0.4, 0.5) is 5.69 Å². The Bertz CT molecular complexity index is 1280. The first kappa shape index (κ1) is 22.9. The van der Waals surface area contributed by atoms with Gasteiger partial charge >= 0.3 is 0 Å². The molecule has 3 heterocycles. The Morgan fingerprint density at radius 2 is 1.91 bits per heavy atom. The van der Waals surface area contributed by atoms with Crippen molar-refractivity contribution >= 4 is 21.6 Å². The third-order valence-electron chi connectivity index (χ3n) is 6.92. The lowest BCUT2D eigenvalue weighted by Crippen LogP contribution is -2.44. The van der Waals surface area contributed by atoms with Crippen LogP contribution >= 0.6 is 0 Å². The SMILES string of the molecule is O=C(NCc1ccccc1N1CCCCS1(=O)=O)c1nc2n(c(=O)c1O)CCOC21CCCC1. The number of ether oxygens (including phenoxy) is 1. The zero-order valence-electron chi connectivity index (χ0n) is 18.8. The molecule has 2 N–H and O–H groups in total. The number of hydrogen-bond donors (Lipinski definition) is 2. The van der Waals surface area contributed by atoms with Gasteiger partial charge < -0.3 is 15.2 Å². The molecule has 2 aliphatic heterocycles. The van der Waals surface area contributed by atoms with Crippen LogP contribution in [0.3, 0.4) is 0 Å². The fourth-order valence-electron chi connectivity index (χ4n) is 5.19. The van der Waals surface area contributed by atoms with E-state index in [2.05, 4.69) is 10.3 Å². The molecule has 1 aromatic heterocycles. The second kappa shape index (κ2) is 8.70. The number of carbonyl (C=O) groups is 1. The summed E-state index contributed by atoms with van der Waals surface area (Å²) >= 11 is 0. The number of rotatable bonds is 4. The minimum atomic E-state index is -3.42. The predicted molar refractivity (Wildman–Crippen MR) is 124 cm³/mol. The van der Waals surface area contributed by atoms with Gasteiger partial charge in [-0.05, 0) is 50.2 Å². The molecule has 2 aromatic rings. The first-order valence-electron chi connectivity index (χ1n) is 11.7. The van der Waals surface area contributed by atoms with Gasteiger partial charge in [0.25, 0.3) is 11.5 Å². The fourth-order valence-corrected chi connectivity index (χ4v) is 6.87. The molecule has 11 heteroatoms. The highest BCUT2D eigenvalue weighted by Gasteiger charge is 2.44. The summed E-state index contributed by atoms with van der Waals surface area (Å²) in [4.78, 5) is 30.3. The van der Waals surface area contributed by atoms with E-state index in [9.17, 15) is 23.1 Å². The van der Waals surface area contributed by atoms with E-state index in [1.54, 1.807) is 24.3 Å². The second-order valence-corrected chi connectivity index (χ2v) is 11.1. The lowest BCUT2D eigenvalue weighted by atomic mass is 9.99. The molecule has 1 saturated carbocycles. The summed E-state index contributed by atoms with van der Waals surface area (Å²) in [5, 5.41) is 13.2. The number of hydrogen-bond acceptors (Lipinski definition) is 7. The molecule has 0 atom stereocenters. The topological polar surface area (TPSA) is 131 Å². The van der Waals surface area contributed by atoms with Crippen LogP contribution in [0.2, 0.25) is 0 Å². The molecule has 5 rings (SSSR count). The summed E-state index contributed by atoms with van der Waals surface area (Å²) in [6.07, 6.45) is 4.69. The summed E-state index contributed by atoms with van der Waals surface area (Å²) in [5.41, 5.74) is -0.551. The number of aromatic hydroxyl groups is 1. The van der Waals surface area contributed by atoms with Crippen LogP contribution in [-0.2, 0) is 33.5 Å². The van der Waals surface area contributed by atoms with E-state index in [4.69, 9.17) is 4.74 Å². The maximum Gasteiger partial charge on any atom is 0.296 e. The quantitative estimate of drug-likeness (QED) is 0.668. The molecular weight excluding hydrogens is 460 g/mol. The fraction of sp³-hybridized carbons (Fsp3) is 0.522. The monoisotopic (exact) mass is 488 g/mol. The van der Waals surface area contributed by atoms with Crippen LogP contribution in [0.15, 0.2) is 29.1 Å². The summed E-state index contributed by atoms with van der Waals surface area (Å²) in [7, 11) is -3.42. The third kappa shape index (κ3) is 3.86. The molecule has 1 aromatic carbocycles. The largest absolute Gasteiger partial charge is 0.501 e. The zero-order chi connectivity index (χ0) is 23.9. The van der Waals surface area contributed by atoms with Gasteiger partial charge in [0.05, 0.1) is 24.6 Å². The summed E-state index contributed by atoms with van der Waals surface area (Å²) < 4.78 is 34.0. The molecular formula is C23H28N4O6S. The van der Waals surface area contributed by atoms with Gasteiger partial charge in [0.2, 0.25) is 15.8 Å². The van der Waals surface area contributed by atoms with E-state index >= 15 is 0 Å². The van der Waals surface area contributed by atoms with Crippen LogP contribution in [0.5, 0.6) is 5.75 Å². The minimum Gasteiger partial charge on any atom is -0.501 e. The summed E-state index contributed by atoms with van der Waals surface area (Å²) in [6.45, 7) is 1.04. The summed E-state index contributed by atoms with van der Waals surface area (Å²) in [6, 6.07) is 6.98. The smallest absolute Gasteiger partial charge is 0.296 e. The van der Waals surface area contributed by atoms with Gasteiger partial charge in [-0.2, -0.15) is 0 Å². The number of aromatic nitrogens is 2. The van der Waals surface area contributed by atoms with Gasteiger partial charge in [0.1, 0.15) is 11.4 Å². The number of nitrogens with one attached hydrogen (secondary N) is 1. The molecule has 0 radical (unpaired) electrons. The Labute approximate surface area is 197 Å². The molecule has 0 unspecified atom stereocenters. The van der Waals surface area contributed by atoms with Gasteiger partial charge in [-0.3, -0.25) is 18.5 Å². The van der Waals surface area contributed by atoms with Crippen molar-refractivity contribution in [3.63, 3.8) is 0 Å². The van der Waals surface area contributed by atoms with E-state index in [1.807, 2.05) is 0 Å². The number of benzene rings is 1. The Hall–Kier alpha value is -2.92. The molecule has 1 saturated heterocycles. The van der Waals surface area contributed by atoms with Crippen LogP contribution < -0.4 is 15.2 Å². The normalized spacial score (nSPS) is 20.8. The predicted octanol–water partition coefficient (Wildman–Crippen LogP) is 1.61. The number of fused-ring (bicyclic) bond motifs is 2. The first-order valence-corrected chi connectivity index (χ1v) is 13.3. The van der Waals surface area contributed by atoms with E-state index < -0.39 is 32.8 Å². The van der Waals surface area contributed by atoms with Crippen molar-refractivity contribution in [1.29, 1.82) is 0 Å². The highest BCUT2D eigenvalue weighted by atomic mass is 32.2. The molecule has 1 amide bonds. The van der Waals surface area contributed by atoms with Crippen LogP contribution in [-0.4, -0.2) is 47.9 Å². The minimum absolute atomic E-state index is 0.0161. The summed E-state index contributed by atoms with van der Waals surface area (Å²) in [5.74, 6) is -0.908. The molecule has 34 heavy (non-hydrogen) atoms. The first-order chi connectivity index (χ1) is 16.3. The van der Waals surface area contributed by atoms with Crippen molar-refractivity contribution in [1.82, 2.24) is 14.9 Å². The number of anilines is 1. The highest BCUT2D eigenvalue weighted by molar-refractivity contribution is 7.92. The van der Waals surface area contributed by atoms with E-state index in [0.717, 1.165) is 19.3 Å². The van der Waals surface area contributed by atoms with Crippen molar-refractivity contribution in [2.75, 3.05) is 23.2 Å². The van der Waals surface area contributed by atoms with Crippen molar-refractivity contribution in [3.8, 4) is 5.75 Å². The lowest BCUT2D eigenvalue weighted by molar-refractivity contribution is -0.0789. The average molecular weight is 489 g/mol. The number of carbonyl (C=O) groups excluding carboxylic acids is 1. The van der Waals surface area contributed by atoms with Crippen molar-refractivity contribution < 1.29 is 23.1 Å². The van der Waals surface area contributed by atoms with Crippen molar-refractivity contribution in [2.45, 2.75) is 57.2 Å². The Morgan fingerprint density at radius 3 is 2.68 bits per heavy atom. The number of sulfonamides is 1. The van der Waals surface area contributed by atoms with Gasteiger partial charge in [-0.1, -0.05) is 18.2 Å². The van der Waals surface area contributed by atoms with Crippen LogP contribution in [0.25, 0.3) is 0 Å². The molecule has 1 aliphatic carbocycles. The van der Waals surface area contributed by atoms with Crippen LogP contribution in [0.1, 0.15) is 60.4 Å². The zero-order valence-corrected chi connectivity index (χ0v) is 19.6. The van der Waals surface area contributed by atoms with Gasteiger partial charge in [0, 0.05) is 13.1 Å². The average Bonchev–Trinajstić information content (AvgIpc) is 3.29. The van der Waals surface area contributed by atoms with E-state index in [-0.39, 0.29) is 24.5 Å². The molecule has 3 aliphatic rings. The van der Waals surface area contributed by atoms with Crippen molar-refractivity contribution in [2.24, 2.45) is 0 Å². The molecule has 10 nitrogen and oxygen atoms in total. The Balaban J connectivity index is 1.43. The van der Waals surface area contributed by atoms with Gasteiger partial charge in [-0.25, -0.2) is 13.4 Å². The Kier molecular flexibility index (Phi) is 5.85. The third-order valence-corrected chi connectivity index (χ3v) is 8.78. The van der Waals surface area contributed by atoms with Gasteiger partial charge in [0.15, 0.2) is 5.69 Å². The second-order valence-electron chi connectivity index (χ2n) is 9.05. The Morgan fingerprint density at radius 1 is 1.15 bits per heavy atom. The van der Waals surface area contributed by atoms with E-state index in [1.165, 1.54) is 8.87 Å². The molecule has 2 fully saturated rings. The lowest BCUT2D eigenvalue weighted by Gasteiger charge is -2.35. The van der Waals surface area contributed by atoms with Crippen molar-refractivity contribution in [3.05, 3.63) is 51.7 Å². The maximum absolute atomic E-state index is 13.0. The molecule has 1 spiro atoms. The molecule has 182 valence electrons. The standard InChI is InChI=1S/C23H28N4O6S/c28-19-18(25-22-23(9-3-4-10-23)33-13-12-26(22)21(19)30)20(29)24-15-16-7-1-2-8-17(16)27-11-5-6-14-34(27,31)32/h1-2,7-8,28H,3-6,9-15H2,(H,24,29).